The molecule has 1 aliphatic rings. The van der Waals surface area contributed by atoms with E-state index < -0.39 is 29.7 Å². The van der Waals surface area contributed by atoms with Gasteiger partial charge in [0.15, 0.2) is 0 Å². The summed E-state index contributed by atoms with van der Waals surface area (Å²) in [6.07, 6.45) is -5.27. The number of rotatable bonds is 3. The van der Waals surface area contributed by atoms with Crippen molar-refractivity contribution in [2.45, 2.75) is 11.8 Å². The van der Waals surface area contributed by atoms with E-state index in [1.807, 2.05) is 0 Å². The molecule has 0 spiro atoms. The van der Waals surface area contributed by atoms with E-state index in [1.54, 1.807) is 10.6 Å². The zero-order valence-electron chi connectivity index (χ0n) is 12.6. The Balaban J connectivity index is 2.00. The standard InChI is InChI=1S/C15H9ClF3N3O3S/c16-8-3-5-9(6-4-8)22-12(24)14(15(17,18)19,21-13(22)25)20-11(23)10-2-1-7-26-10/h1-7H,(H,20,23)(H,21,25)/t14-/m0/s1. The van der Waals surface area contributed by atoms with Crippen molar-refractivity contribution >= 4 is 46.5 Å². The summed E-state index contributed by atoms with van der Waals surface area (Å²) in [5, 5.41) is 4.95. The normalized spacial score (nSPS) is 20.2. The van der Waals surface area contributed by atoms with Gasteiger partial charge in [-0.05, 0) is 35.7 Å². The first-order chi connectivity index (χ1) is 12.2. The van der Waals surface area contributed by atoms with E-state index in [0.717, 1.165) is 11.3 Å². The van der Waals surface area contributed by atoms with E-state index in [2.05, 4.69) is 0 Å². The zero-order chi connectivity index (χ0) is 19.1. The van der Waals surface area contributed by atoms with Gasteiger partial charge in [0.05, 0.1) is 10.6 Å². The van der Waals surface area contributed by atoms with E-state index in [9.17, 15) is 27.6 Å². The number of alkyl halides is 3. The van der Waals surface area contributed by atoms with Crippen LogP contribution in [-0.2, 0) is 4.79 Å². The van der Waals surface area contributed by atoms with Crippen LogP contribution in [0.1, 0.15) is 9.67 Å². The molecule has 1 aliphatic heterocycles. The molecule has 1 aromatic heterocycles. The minimum absolute atomic E-state index is 0.0411. The minimum Gasteiger partial charge on any atom is -0.313 e. The Hall–Kier alpha value is -2.59. The molecule has 3 rings (SSSR count). The fourth-order valence-electron chi connectivity index (χ4n) is 2.34. The van der Waals surface area contributed by atoms with Crippen LogP contribution in [0.2, 0.25) is 5.02 Å². The van der Waals surface area contributed by atoms with Crippen molar-refractivity contribution in [1.82, 2.24) is 10.6 Å². The third kappa shape index (κ3) is 2.90. The fourth-order valence-corrected chi connectivity index (χ4v) is 3.09. The van der Waals surface area contributed by atoms with Crippen LogP contribution in [-0.4, -0.2) is 29.7 Å². The Kier molecular flexibility index (Phi) is 4.41. The van der Waals surface area contributed by atoms with Gasteiger partial charge >= 0.3 is 12.2 Å². The number of thiophene rings is 1. The number of benzene rings is 1. The number of hydrogen-bond acceptors (Lipinski definition) is 4. The topological polar surface area (TPSA) is 78.5 Å². The summed E-state index contributed by atoms with van der Waals surface area (Å²) in [5.74, 6) is -2.80. The quantitative estimate of drug-likeness (QED) is 0.773. The molecule has 0 radical (unpaired) electrons. The van der Waals surface area contributed by atoms with Gasteiger partial charge in [-0.25, -0.2) is 9.69 Å². The first-order valence-corrected chi connectivity index (χ1v) is 8.26. The molecule has 2 aromatic rings. The summed E-state index contributed by atoms with van der Waals surface area (Å²) >= 11 is 6.60. The van der Waals surface area contributed by atoms with E-state index >= 15 is 0 Å². The highest BCUT2D eigenvalue weighted by molar-refractivity contribution is 7.12. The van der Waals surface area contributed by atoms with E-state index in [4.69, 9.17) is 11.6 Å². The lowest BCUT2D eigenvalue weighted by atomic mass is 10.1. The van der Waals surface area contributed by atoms with Crippen LogP contribution in [0.25, 0.3) is 0 Å². The molecule has 1 aromatic carbocycles. The van der Waals surface area contributed by atoms with E-state index in [0.29, 0.717) is 4.90 Å². The first-order valence-electron chi connectivity index (χ1n) is 7.01. The van der Waals surface area contributed by atoms with Gasteiger partial charge in [-0.15, -0.1) is 11.3 Å². The second-order valence-corrected chi connectivity index (χ2v) is 6.61. The molecule has 4 amide bonds. The average molecular weight is 404 g/mol. The third-order valence-corrected chi connectivity index (χ3v) is 4.70. The van der Waals surface area contributed by atoms with E-state index in [1.165, 1.54) is 41.8 Å². The number of urea groups is 1. The van der Waals surface area contributed by atoms with Gasteiger partial charge in [0.25, 0.3) is 17.5 Å². The third-order valence-electron chi connectivity index (χ3n) is 3.58. The number of carbonyl (C=O) groups is 3. The van der Waals surface area contributed by atoms with Gasteiger partial charge in [-0.3, -0.25) is 14.9 Å². The van der Waals surface area contributed by atoms with Gasteiger partial charge in [0.1, 0.15) is 0 Å². The molecule has 1 atom stereocenters. The molecule has 2 heterocycles. The summed E-state index contributed by atoms with van der Waals surface area (Å²) in [5.41, 5.74) is -3.68. The highest BCUT2D eigenvalue weighted by Crippen LogP contribution is 2.36. The van der Waals surface area contributed by atoms with Crippen LogP contribution < -0.4 is 15.5 Å². The van der Waals surface area contributed by atoms with Crippen molar-refractivity contribution in [1.29, 1.82) is 0 Å². The smallest absolute Gasteiger partial charge is 0.313 e. The largest absolute Gasteiger partial charge is 0.440 e. The number of anilines is 1. The Bertz CT molecular complexity index is 871. The fraction of sp³-hybridized carbons (Fsp3) is 0.133. The highest BCUT2D eigenvalue weighted by Gasteiger charge is 2.69. The molecule has 1 saturated heterocycles. The number of amides is 4. The van der Waals surface area contributed by atoms with Crippen LogP contribution in [0.3, 0.4) is 0 Å². The Labute approximate surface area is 153 Å². The van der Waals surface area contributed by atoms with Crippen LogP contribution in [0.15, 0.2) is 41.8 Å². The molecule has 0 aliphatic carbocycles. The summed E-state index contributed by atoms with van der Waals surface area (Å²) in [6, 6.07) is 6.50. The number of carbonyl (C=O) groups excluding carboxylic acids is 3. The van der Waals surface area contributed by atoms with Crippen LogP contribution >= 0.6 is 22.9 Å². The van der Waals surface area contributed by atoms with Crippen molar-refractivity contribution in [2.24, 2.45) is 0 Å². The molecule has 0 unspecified atom stereocenters. The van der Waals surface area contributed by atoms with Crippen molar-refractivity contribution in [3.8, 4) is 0 Å². The maximum absolute atomic E-state index is 13.7. The first kappa shape index (κ1) is 18.2. The Morgan fingerprint density at radius 3 is 2.38 bits per heavy atom. The maximum atomic E-state index is 13.7. The molecule has 1 fully saturated rings. The summed E-state index contributed by atoms with van der Waals surface area (Å²) < 4.78 is 41.1. The van der Waals surface area contributed by atoms with Gasteiger partial charge in [0, 0.05) is 5.02 Å². The number of halogens is 4. The zero-order valence-corrected chi connectivity index (χ0v) is 14.2. The predicted octanol–water partition coefficient (Wildman–Crippen LogP) is 3.15. The summed E-state index contributed by atoms with van der Waals surface area (Å²) in [6.45, 7) is 0. The maximum Gasteiger partial charge on any atom is 0.440 e. The SMILES string of the molecule is O=C(N[C@]1(C(F)(F)F)NC(=O)N(c2ccc(Cl)cc2)C1=O)c1cccs1. The second kappa shape index (κ2) is 6.29. The molecular formula is C15H9ClF3N3O3S. The lowest BCUT2D eigenvalue weighted by molar-refractivity contribution is -0.197. The number of nitrogens with zero attached hydrogens (tertiary/aromatic N) is 1. The van der Waals surface area contributed by atoms with Crippen molar-refractivity contribution in [3.05, 3.63) is 51.7 Å². The lowest BCUT2D eigenvalue weighted by Crippen LogP contribution is -2.69. The monoisotopic (exact) mass is 403 g/mol. The van der Waals surface area contributed by atoms with Crippen LogP contribution in [0, 0.1) is 0 Å². The predicted molar refractivity (Wildman–Crippen MR) is 88.0 cm³/mol. The second-order valence-electron chi connectivity index (χ2n) is 5.23. The molecular weight excluding hydrogens is 395 g/mol. The lowest BCUT2D eigenvalue weighted by Gasteiger charge is -2.29. The van der Waals surface area contributed by atoms with Crippen molar-refractivity contribution in [3.63, 3.8) is 0 Å². The molecule has 2 N–H and O–H groups in total. The molecule has 0 saturated carbocycles. The Morgan fingerprint density at radius 2 is 1.85 bits per heavy atom. The minimum atomic E-state index is -5.27. The van der Waals surface area contributed by atoms with Gasteiger partial charge in [-0.2, -0.15) is 13.2 Å². The van der Waals surface area contributed by atoms with Gasteiger partial charge < -0.3 is 5.32 Å². The number of hydrogen-bond donors (Lipinski definition) is 2. The summed E-state index contributed by atoms with van der Waals surface area (Å²) in [4.78, 5) is 37.0. The number of imide groups is 1. The molecule has 0 bridgehead atoms. The van der Waals surface area contributed by atoms with Gasteiger partial charge in [-0.1, -0.05) is 17.7 Å². The van der Waals surface area contributed by atoms with E-state index in [-0.39, 0.29) is 15.6 Å². The average Bonchev–Trinajstić information content (AvgIpc) is 3.16. The molecule has 26 heavy (non-hydrogen) atoms. The molecule has 11 heteroatoms. The molecule has 136 valence electrons. The van der Waals surface area contributed by atoms with Gasteiger partial charge in [0.2, 0.25) is 0 Å². The van der Waals surface area contributed by atoms with Crippen molar-refractivity contribution in [2.75, 3.05) is 4.90 Å². The van der Waals surface area contributed by atoms with Crippen molar-refractivity contribution < 1.29 is 27.6 Å². The van der Waals surface area contributed by atoms with Crippen LogP contribution in [0.5, 0.6) is 0 Å². The van der Waals surface area contributed by atoms with Crippen LogP contribution in [0.4, 0.5) is 23.7 Å². The molecule has 6 nitrogen and oxygen atoms in total. The Morgan fingerprint density at radius 1 is 1.19 bits per heavy atom. The highest BCUT2D eigenvalue weighted by atomic mass is 35.5. The summed E-state index contributed by atoms with van der Waals surface area (Å²) in [7, 11) is 0. The number of nitrogens with one attached hydrogen (secondary N) is 2.